The number of aliphatic hydroxyl groups is 1. The molecule has 0 aromatic heterocycles. The third kappa shape index (κ3) is 4.42. The van der Waals surface area contributed by atoms with Crippen LogP contribution < -0.4 is 0 Å². The van der Waals surface area contributed by atoms with Gasteiger partial charge >= 0.3 is 0 Å². The van der Waals surface area contributed by atoms with E-state index in [1.165, 1.54) is 0 Å². The molecule has 0 saturated carbocycles. The number of hydrogen-bond donors (Lipinski definition) is 1. The van der Waals surface area contributed by atoms with Crippen LogP contribution in [0.15, 0.2) is 60.7 Å². The molecule has 3 atom stereocenters. The van der Waals surface area contributed by atoms with Gasteiger partial charge < -0.3 is 10.0 Å². The second kappa shape index (κ2) is 7.93. The summed E-state index contributed by atoms with van der Waals surface area (Å²) in [5, 5.41) is 10.5. The monoisotopic (exact) mass is 311 g/mol. The Morgan fingerprint density at radius 2 is 1.52 bits per heavy atom. The Bertz CT molecular complexity index is 612. The largest absolute Gasteiger partial charge is 0.386 e. The zero-order valence-corrected chi connectivity index (χ0v) is 14.0. The van der Waals surface area contributed by atoms with Crippen LogP contribution in [0.25, 0.3) is 0 Å². The zero-order chi connectivity index (χ0) is 16.8. The molecule has 0 fully saturated rings. The molecule has 0 radical (unpaired) electrons. The fourth-order valence-corrected chi connectivity index (χ4v) is 2.74. The molecule has 23 heavy (non-hydrogen) atoms. The maximum Gasteiger partial charge on any atom is 0.225 e. The highest BCUT2D eigenvalue weighted by molar-refractivity contribution is 5.79. The summed E-state index contributed by atoms with van der Waals surface area (Å²) in [6.45, 7) is 3.82. The van der Waals surface area contributed by atoms with Crippen molar-refractivity contribution in [1.29, 1.82) is 0 Å². The predicted octanol–water partition coefficient (Wildman–Crippen LogP) is 3.45. The quantitative estimate of drug-likeness (QED) is 0.887. The minimum Gasteiger partial charge on any atom is -0.386 e. The lowest BCUT2D eigenvalue weighted by molar-refractivity contribution is -0.137. The van der Waals surface area contributed by atoms with Gasteiger partial charge in [0.1, 0.15) is 0 Å². The second-order valence-electron chi connectivity index (χ2n) is 6.14. The van der Waals surface area contributed by atoms with Crippen molar-refractivity contribution >= 4 is 5.91 Å². The van der Waals surface area contributed by atoms with Gasteiger partial charge in [-0.2, -0.15) is 0 Å². The number of aliphatic hydroxyl groups excluding tert-OH is 1. The molecule has 3 nitrogen and oxygen atoms in total. The lowest BCUT2D eigenvalue weighted by Gasteiger charge is -2.31. The second-order valence-corrected chi connectivity index (χ2v) is 6.14. The average Bonchev–Trinajstić information content (AvgIpc) is 2.60. The molecule has 122 valence electrons. The van der Waals surface area contributed by atoms with Crippen LogP contribution in [0, 0.1) is 5.92 Å². The van der Waals surface area contributed by atoms with Crippen LogP contribution in [0.2, 0.25) is 0 Å². The smallest absolute Gasteiger partial charge is 0.225 e. The van der Waals surface area contributed by atoms with Crippen molar-refractivity contribution in [2.75, 3.05) is 7.05 Å². The molecule has 1 amide bonds. The van der Waals surface area contributed by atoms with E-state index in [1.807, 2.05) is 74.5 Å². The molecule has 0 aliphatic rings. The molecule has 0 aliphatic heterocycles. The first kappa shape index (κ1) is 17.2. The molecule has 3 heteroatoms. The van der Waals surface area contributed by atoms with Crippen LogP contribution >= 0.6 is 0 Å². The molecule has 1 N–H and O–H groups in total. The minimum absolute atomic E-state index is 0.0522. The molecule has 2 aromatic rings. The Morgan fingerprint density at radius 3 is 2.09 bits per heavy atom. The fraction of sp³-hybridized carbons (Fsp3) is 0.350. The van der Waals surface area contributed by atoms with Gasteiger partial charge in [0.05, 0.1) is 12.1 Å². The highest BCUT2D eigenvalue weighted by Crippen LogP contribution is 2.21. The lowest BCUT2D eigenvalue weighted by Crippen LogP contribution is -2.42. The third-order valence-electron chi connectivity index (χ3n) is 4.36. The summed E-state index contributed by atoms with van der Waals surface area (Å²) in [7, 11) is 1.76. The minimum atomic E-state index is -0.686. The van der Waals surface area contributed by atoms with Crippen LogP contribution in [0.5, 0.6) is 0 Å². The van der Waals surface area contributed by atoms with E-state index in [1.54, 1.807) is 11.9 Å². The van der Waals surface area contributed by atoms with E-state index < -0.39 is 6.10 Å². The summed E-state index contributed by atoms with van der Waals surface area (Å²) in [4.78, 5) is 14.3. The number of rotatable bonds is 6. The van der Waals surface area contributed by atoms with Crippen molar-refractivity contribution in [2.24, 2.45) is 5.92 Å². The number of benzene rings is 2. The van der Waals surface area contributed by atoms with Crippen LogP contribution in [-0.4, -0.2) is 29.0 Å². The molecule has 0 spiro atoms. The fourth-order valence-electron chi connectivity index (χ4n) is 2.74. The van der Waals surface area contributed by atoms with Gasteiger partial charge in [-0.3, -0.25) is 4.79 Å². The Kier molecular flexibility index (Phi) is 5.94. The average molecular weight is 311 g/mol. The van der Waals surface area contributed by atoms with Crippen LogP contribution in [0.4, 0.5) is 0 Å². The number of amides is 1. The van der Waals surface area contributed by atoms with Crippen LogP contribution in [-0.2, 0) is 11.2 Å². The van der Waals surface area contributed by atoms with E-state index in [2.05, 4.69) is 0 Å². The molecule has 0 unspecified atom stereocenters. The van der Waals surface area contributed by atoms with Crippen molar-refractivity contribution < 1.29 is 9.90 Å². The van der Waals surface area contributed by atoms with Gasteiger partial charge in [0.2, 0.25) is 5.91 Å². The summed E-state index contributed by atoms with van der Waals surface area (Å²) in [5.74, 6) is -0.0656. The standard InChI is InChI=1S/C20H25NO2/c1-15(14-17-10-6-4-7-11-17)20(23)21(3)16(2)19(22)18-12-8-5-9-13-18/h4-13,15-16,19,22H,14H2,1-3H3/t15-,16-,19-/m0/s1. The molecule has 0 heterocycles. The van der Waals surface area contributed by atoms with E-state index in [0.717, 1.165) is 11.1 Å². The van der Waals surface area contributed by atoms with Gasteiger partial charge in [0, 0.05) is 13.0 Å². The number of hydrogen-bond acceptors (Lipinski definition) is 2. The Morgan fingerprint density at radius 1 is 1.00 bits per heavy atom. The van der Waals surface area contributed by atoms with E-state index in [-0.39, 0.29) is 17.9 Å². The molecule has 0 aliphatic carbocycles. The number of likely N-dealkylation sites (N-methyl/N-ethyl adjacent to an activating group) is 1. The number of carbonyl (C=O) groups excluding carboxylic acids is 1. The molecule has 2 rings (SSSR count). The lowest BCUT2D eigenvalue weighted by atomic mass is 9.97. The maximum atomic E-state index is 12.6. The molecule has 2 aromatic carbocycles. The van der Waals surface area contributed by atoms with Crippen molar-refractivity contribution in [2.45, 2.75) is 32.4 Å². The normalized spacial score (nSPS) is 14.8. The third-order valence-corrected chi connectivity index (χ3v) is 4.36. The topological polar surface area (TPSA) is 40.5 Å². The van der Waals surface area contributed by atoms with Crippen LogP contribution in [0.1, 0.15) is 31.1 Å². The summed E-state index contributed by atoms with van der Waals surface area (Å²) in [6.07, 6.45) is 0.0205. The zero-order valence-electron chi connectivity index (χ0n) is 14.0. The first-order chi connectivity index (χ1) is 11.0. The molecule has 0 saturated heterocycles. The van der Waals surface area contributed by atoms with Gasteiger partial charge in [-0.1, -0.05) is 67.6 Å². The first-order valence-corrected chi connectivity index (χ1v) is 8.04. The van der Waals surface area contributed by atoms with Crippen molar-refractivity contribution in [1.82, 2.24) is 4.90 Å². The van der Waals surface area contributed by atoms with E-state index >= 15 is 0 Å². The molecular formula is C20H25NO2. The van der Waals surface area contributed by atoms with Crippen molar-refractivity contribution in [3.05, 3.63) is 71.8 Å². The Hall–Kier alpha value is -2.13. The predicted molar refractivity (Wildman–Crippen MR) is 92.9 cm³/mol. The number of carbonyl (C=O) groups is 1. The van der Waals surface area contributed by atoms with Gasteiger partial charge in [0.15, 0.2) is 0 Å². The van der Waals surface area contributed by atoms with Crippen LogP contribution in [0.3, 0.4) is 0 Å². The van der Waals surface area contributed by atoms with Crippen molar-refractivity contribution in [3.8, 4) is 0 Å². The van der Waals surface area contributed by atoms with Gasteiger partial charge in [-0.25, -0.2) is 0 Å². The maximum absolute atomic E-state index is 12.6. The van der Waals surface area contributed by atoms with Crippen molar-refractivity contribution in [3.63, 3.8) is 0 Å². The number of nitrogens with zero attached hydrogens (tertiary/aromatic N) is 1. The molecule has 0 bridgehead atoms. The first-order valence-electron chi connectivity index (χ1n) is 8.04. The van der Waals surface area contributed by atoms with E-state index in [0.29, 0.717) is 6.42 Å². The Labute approximate surface area is 138 Å². The highest BCUT2D eigenvalue weighted by Gasteiger charge is 2.27. The van der Waals surface area contributed by atoms with Gasteiger partial charge in [0.25, 0.3) is 0 Å². The van der Waals surface area contributed by atoms with E-state index in [4.69, 9.17) is 0 Å². The SMILES string of the molecule is C[C@@H](Cc1ccccc1)C(=O)N(C)[C@@H](C)[C@H](O)c1ccccc1. The highest BCUT2D eigenvalue weighted by atomic mass is 16.3. The summed E-state index contributed by atoms with van der Waals surface area (Å²) < 4.78 is 0. The summed E-state index contributed by atoms with van der Waals surface area (Å²) >= 11 is 0. The van der Waals surface area contributed by atoms with E-state index in [9.17, 15) is 9.90 Å². The van der Waals surface area contributed by atoms with Gasteiger partial charge in [-0.15, -0.1) is 0 Å². The summed E-state index contributed by atoms with van der Waals surface area (Å²) in [6, 6.07) is 19.2. The Balaban J connectivity index is 2.00. The summed E-state index contributed by atoms with van der Waals surface area (Å²) in [5.41, 5.74) is 1.98. The van der Waals surface area contributed by atoms with Gasteiger partial charge in [-0.05, 0) is 24.5 Å². The molecular weight excluding hydrogens is 286 g/mol.